The van der Waals surface area contributed by atoms with Crippen LogP contribution in [0, 0.1) is 0 Å². The summed E-state index contributed by atoms with van der Waals surface area (Å²) in [4.78, 5) is 15.1. The Hall–Kier alpha value is -1.65. The molecule has 21 heavy (non-hydrogen) atoms. The number of ketones is 1. The summed E-state index contributed by atoms with van der Waals surface area (Å²) in [6.45, 7) is 4.51. The lowest BCUT2D eigenvalue weighted by molar-refractivity contribution is 0.101. The second kappa shape index (κ2) is 6.87. The Morgan fingerprint density at radius 1 is 1.38 bits per heavy atom. The van der Waals surface area contributed by atoms with Crippen molar-refractivity contribution in [3.8, 4) is 5.75 Å². The molecule has 1 heterocycles. The van der Waals surface area contributed by atoms with Crippen molar-refractivity contribution in [3.05, 3.63) is 51.7 Å². The quantitative estimate of drug-likeness (QED) is 0.751. The van der Waals surface area contributed by atoms with E-state index in [4.69, 9.17) is 4.74 Å². The SMILES string of the molecule is COc1ccc(C(C)=O)cc1CN(C)C(C)c1cccs1. The topological polar surface area (TPSA) is 29.5 Å². The number of rotatable bonds is 6. The highest BCUT2D eigenvalue weighted by Gasteiger charge is 2.15. The van der Waals surface area contributed by atoms with Crippen LogP contribution in [0.2, 0.25) is 0 Å². The van der Waals surface area contributed by atoms with E-state index in [2.05, 4.69) is 36.4 Å². The Balaban J connectivity index is 2.21. The fourth-order valence-electron chi connectivity index (χ4n) is 2.27. The van der Waals surface area contributed by atoms with E-state index in [1.165, 1.54) is 4.88 Å². The first kappa shape index (κ1) is 15.7. The van der Waals surface area contributed by atoms with Crippen LogP contribution < -0.4 is 4.74 Å². The molecule has 0 saturated heterocycles. The highest BCUT2D eigenvalue weighted by molar-refractivity contribution is 7.10. The van der Waals surface area contributed by atoms with Crippen LogP contribution >= 0.6 is 11.3 Å². The molecule has 0 aliphatic rings. The van der Waals surface area contributed by atoms with E-state index in [1.807, 2.05) is 18.2 Å². The lowest BCUT2D eigenvalue weighted by atomic mass is 10.1. The highest BCUT2D eigenvalue weighted by atomic mass is 32.1. The van der Waals surface area contributed by atoms with Crippen LogP contribution in [0.15, 0.2) is 35.7 Å². The molecular weight excluding hydrogens is 282 g/mol. The average Bonchev–Trinajstić information content (AvgIpc) is 3.00. The van der Waals surface area contributed by atoms with Crippen LogP contribution in [0.4, 0.5) is 0 Å². The van der Waals surface area contributed by atoms with Gasteiger partial charge >= 0.3 is 0 Å². The standard InChI is InChI=1S/C17H21NO2S/c1-12(17-6-5-9-21-17)18(3)11-15-10-14(13(2)19)7-8-16(15)20-4/h5-10,12H,11H2,1-4H3. The van der Waals surface area contributed by atoms with Gasteiger partial charge < -0.3 is 4.74 Å². The minimum Gasteiger partial charge on any atom is -0.496 e. The fraction of sp³-hybridized carbons (Fsp3) is 0.353. The van der Waals surface area contributed by atoms with Crippen molar-refractivity contribution in [2.24, 2.45) is 0 Å². The summed E-state index contributed by atoms with van der Waals surface area (Å²) < 4.78 is 5.42. The van der Waals surface area contributed by atoms with Gasteiger partial charge in [0, 0.05) is 28.6 Å². The van der Waals surface area contributed by atoms with Gasteiger partial charge in [-0.25, -0.2) is 0 Å². The number of ether oxygens (including phenoxy) is 1. The Labute approximate surface area is 130 Å². The molecule has 0 aliphatic carbocycles. The van der Waals surface area contributed by atoms with Gasteiger partial charge in [0.2, 0.25) is 0 Å². The molecule has 112 valence electrons. The van der Waals surface area contributed by atoms with E-state index in [1.54, 1.807) is 25.4 Å². The van der Waals surface area contributed by atoms with Crippen molar-refractivity contribution >= 4 is 17.1 Å². The van der Waals surface area contributed by atoms with Gasteiger partial charge in [-0.2, -0.15) is 0 Å². The Morgan fingerprint density at radius 3 is 2.71 bits per heavy atom. The molecule has 1 unspecified atom stereocenters. The highest BCUT2D eigenvalue weighted by Crippen LogP contribution is 2.28. The molecule has 1 atom stereocenters. The van der Waals surface area contributed by atoms with Crippen LogP contribution in [0.25, 0.3) is 0 Å². The Morgan fingerprint density at radius 2 is 2.14 bits per heavy atom. The average molecular weight is 303 g/mol. The van der Waals surface area contributed by atoms with E-state index in [0.29, 0.717) is 6.04 Å². The van der Waals surface area contributed by atoms with Gasteiger partial charge in [0.25, 0.3) is 0 Å². The summed E-state index contributed by atoms with van der Waals surface area (Å²) in [7, 11) is 3.75. The summed E-state index contributed by atoms with van der Waals surface area (Å²) in [6, 6.07) is 10.2. The molecule has 0 radical (unpaired) electrons. The van der Waals surface area contributed by atoms with Gasteiger partial charge in [0.15, 0.2) is 5.78 Å². The summed E-state index contributed by atoms with van der Waals surface area (Å²) in [5.41, 5.74) is 1.76. The summed E-state index contributed by atoms with van der Waals surface area (Å²) in [5, 5.41) is 2.09. The Bertz CT molecular complexity index is 607. The number of thiophene rings is 1. The molecular formula is C17H21NO2S. The molecule has 1 aromatic heterocycles. The molecule has 0 amide bonds. The predicted octanol–water partition coefficient (Wildman–Crippen LogP) is 4.15. The smallest absolute Gasteiger partial charge is 0.159 e. The molecule has 0 spiro atoms. The van der Waals surface area contributed by atoms with E-state index >= 15 is 0 Å². The molecule has 3 nitrogen and oxygen atoms in total. The first-order valence-electron chi connectivity index (χ1n) is 6.94. The monoisotopic (exact) mass is 303 g/mol. The Kier molecular flexibility index (Phi) is 5.15. The minimum absolute atomic E-state index is 0.0767. The maximum absolute atomic E-state index is 11.6. The fourth-order valence-corrected chi connectivity index (χ4v) is 3.12. The summed E-state index contributed by atoms with van der Waals surface area (Å²) >= 11 is 1.76. The van der Waals surface area contributed by atoms with E-state index in [9.17, 15) is 4.79 Å². The maximum atomic E-state index is 11.6. The first-order valence-corrected chi connectivity index (χ1v) is 7.82. The van der Waals surface area contributed by atoms with Crippen LogP contribution in [-0.2, 0) is 6.54 Å². The third-order valence-electron chi connectivity index (χ3n) is 3.72. The van der Waals surface area contributed by atoms with Crippen LogP contribution in [0.1, 0.15) is 40.7 Å². The largest absolute Gasteiger partial charge is 0.496 e. The number of carbonyl (C=O) groups excluding carboxylic acids is 1. The number of benzene rings is 1. The van der Waals surface area contributed by atoms with E-state index in [0.717, 1.165) is 23.4 Å². The number of carbonyl (C=O) groups is 1. The maximum Gasteiger partial charge on any atom is 0.159 e. The molecule has 1 aromatic carbocycles. The zero-order chi connectivity index (χ0) is 15.4. The van der Waals surface area contributed by atoms with Gasteiger partial charge in [-0.15, -0.1) is 11.3 Å². The van der Waals surface area contributed by atoms with Crippen molar-refractivity contribution in [3.63, 3.8) is 0 Å². The van der Waals surface area contributed by atoms with Gasteiger partial charge in [-0.05, 0) is 50.5 Å². The van der Waals surface area contributed by atoms with Gasteiger partial charge in [-0.1, -0.05) is 6.07 Å². The number of hydrogen-bond acceptors (Lipinski definition) is 4. The molecule has 0 saturated carbocycles. The molecule has 2 aromatic rings. The van der Waals surface area contributed by atoms with Gasteiger partial charge in [0.1, 0.15) is 5.75 Å². The van der Waals surface area contributed by atoms with Gasteiger partial charge in [-0.3, -0.25) is 9.69 Å². The molecule has 0 aliphatic heterocycles. The second-order valence-corrected chi connectivity index (χ2v) is 6.17. The second-order valence-electron chi connectivity index (χ2n) is 5.19. The molecule has 0 N–H and O–H groups in total. The summed E-state index contributed by atoms with van der Waals surface area (Å²) in [5.74, 6) is 0.901. The van der Waals surface area contributed by atoms with Crippen LogP contribution in [-0.4, -0.2) is 24.8 Å². The number of methoxy groups -OCH3 is 1. The van der Waals surface area contributed by atoms with Crippen molar-refractivity contribution in [1.29, 1.82) is 0 Å². The third-order valence-corrected chi connectivity index (χ3v) is 4.77. The first-order chi connectivity index (χ1) is 10.0. The zero-order valence-corrected chi connectivity index (χ0v) is 13.7. The number of nitrogens with zero attached hydrogens (tertiary/aromatic N) is 1. The van der Waals surface area contributed by atoms with E-state index < -0.39 is 0 Å². The van der Waals surface area contributed by atoms with Crippen molar-refractivity contribution in [2.75, 3.05) is 14.2 Å². The number of hydrogen-bond donors (Lipinski definition) is 0. The third kappa shape index (κ3) is 3.71. The molecule has 0 bridgehead atoms. The molecule has 4 heteroatoms. The predicted molar refractivity (Wildman–Crippen MR) is 87.2 cm³/mol. The summed E-state index contributed by atoms with van der Waals surface area (Å²) in [6.07, 6.45) is 0. The van der Waals surface area contributed by atoms with Crippen molar-refractivity contribution < 1.29 is 9.53 Å². The zero-order valence-electron chi connectivity index (χ0n) is 12.9. The van der Waals surface area contributed by atoms with Crippen molar-refractivity contribution in [1.82, 2.24) is 4.90 Å². The van der Waals surface area contributed by atoms with Crippen LogP contribution in [0.5, 0.6) is 5.75 Å². The van der Waals surface area contributed by atoms with E-state index in [-0.39, 0.29) is 5.78 Å². The minimum atomic E-state index is 0.0767. The number of Topliss-reactive ketones (excluding diaryl/α,β-unsaturated/α-hetero) is 1. The molecule has 0 fully saturated rings. The van der Waals surface area contributed by atoms with Crippen LogP contribution in [0.3, 0.4) is 0 Å². The normalized spacial score (nSPS) is 12.4. The lowest BCUT2D eigenvalue weighted by Gasteiger charge is -2.25. The molecule has 2 rings (SSSR count). The lowest BCUT2D eigenvalue weighted by Crippen LogP contribution is -2.21. The van der Waals surface area contributed by atoms with Gasteiger partial charge in [0.05, 0.1) is 7.11 Å². The van der Waals surface area contributed by atoms with Crippen molar-refractivity contribution in [2.45, 2.75) is 26.4 Å².